The van der Waals surface area contributed by atoms with Crippen LogP contribution in [0.5, 0.6) is 0 Å². The van der Waals surface area contributed by atoms with E-state index in [4.69, 9.17) is 4.74 Å². The average molecular weight is 431 g/mol. The Bertz CT molecular complexity index is 1180. The first-order valence-electron chi connectivity index (χ1n) is 10.5. The van der Waals surface area contributed by atoms with Crippen LogP contribution in [-0.4, -0.2) is 52.5 Å². The van der Waals surface area contributed by atoms with Gasteiger partial charge in [-0.25, -0.2) is 9.97 Å². The molecule has 0 radical (unpaired) electrons. The van der Waals surface area contributed by atoms with Crippen molar-refractivity contribution in [1.82, 2.24) is 14.9 Å². The van der Waals surface area contributed by atoms with E-state index in [1.165, 1.54) is 12.4 Å². The Morgan fingerprint density at radius 3 is 2.94 bits per heavy atom. The van der Waals surface area contributed by atoms with E-state index in [0.29, 0.717) is 31.2 Å². The lowest BCUT2D eigenvalue weighted by Gasteiger charge is -2.30. The highest BCUT2D eigenvalue weighted by atomic mass is 16.5. The highest BCUT2D eigenvalue weighted by Crippen LogP contribution is 2.26. The number of benzene rings is 2. The van der Waals surface area contributed by atoms with Gasteiger partial charge in [-0.15, -0.1) is 0 Å². The molecule has 0 saturated carbocycles. The van der Waals surface area contributed by atoms with Crippen molar-refractivity contribution < 1.29 is 14.3 Å². The molecule has 0 aliphatic carbocycles. The molecular formula is C24H25N5O3. The summed E-state index contributed by atoms with van der Waals surface area (Å²) in [4.78, 5) is 34.7. The molecule has 0 unspecified atom stereocenters. The number of hydrogen-bond acceptors (Lipinski definition) is 7. The van der Waals surface area contributed by atoms with Crippen molar-refractivity contribution in [2.45, 2.75) is 19.9 Å². The minimum atomic E-state index is -0.309. The summed E-state index contributed by atoms with van der Waals surface area (Å²) < 4.78 is 5.02. The Morgan fingerprint density at radius 1 is 1.22 bits per heavy atom. The van der Waals surface area contributed by atoms with Gasteiger partial charge in [-0.3, -0.25) is 14.5 Å². The van der Waals surface area contributed by atoms with Crippen LogP contribution in [0.2, 0.25) is 0 Å². The molecule has 2 N–H and O–H groups in total. The lowest BCUT2D eigenvalue weighted by molar-refractivity contribution is -0.155. The third-order valence-electron chi connectivity index (χ3n) is 5.30. The molecular weight excluding hydrogens is 406 g/mol. The molecule has 3 aromatic rings. The van der Waals surface area contributed by atoms with Gasteiger partial charge in [0.25, 0.3) is 0 Å². The van der Waals surface area contributed by atoms with Crippen LogP contribution >= 0.6 is 0 Å². The molecule has 164 valence electrons. The van der Waals surface area contributed by atoms with E-state index in [1.54, 1.807) is 19.1 Å². The van der Waals surface area contributed by atoms with E-state index in [1.807, 2.05) is 48.2 Å². The Hall–Kier alpha value is -3.78. The summed E-state index contributed by atoms with van der Waals surface area (Å²) in [6, 6.07) is 13.2. The number of hydrogen-bond donors (Lipinski definition) is 2. The average Bonchev–Trinajstić information content (AvgIpc) is 2.77. The van der Waals surface area contributed by atoms with Crippen molar-refractivity contribution in [3.8, 4) is 0 Å². The van der Waals surface area contributed by atoms with Crippen LogP contribution in [0.15, 0.2) is 60.9 Å². The molecule has 1 fully saturated rings. The zero-order valence-electron chi connectivity index (χ0n) is 18.0. The highest BCUT2D eigenvalue weighted by Gasteiger charge is 2.26. The van der Waals surface area contributed by atoms with E-state index in [-0.39, 0.29) is 17.9 Å². The zero-order chi connectivity index (χ0) is 22.5. The molecule has 2 aromatic carbocycles. The number of morpholine rings is 1. The van der Waals surface area contributed by atoms with Crippen molar-refractivity contribution in [2.75, 3.05) is 30.3 Å². The molecule has 0 spiro atoms. The van der Waals surface area contributed by atoms with E-state index >= 15 is 0 Å². The van der Waals surface area contributed by atoms with Crippen molar-refractivity contribution in [3.05, 3.63) is 66.5 Å². The summed E-state index contributed by atoms with van der Waals surface area (Å²) >= 11 is 0. The summed E-state index contributed by atoms with van der Waals surface area (Å²) in [5.74, 6) is 0.183. The van der Waals surface area contributed by atoms with Crippen LogP contribution in [0.3, 0.4) is 0 Å². The molecule has 8 heteroatoms. The fraction of sp³-hybridized carbons (Fsp3) is 0.250. The third kappa shape index (κ3) is 5.09. The number of nitrogens with one attached hydrogen (secondary N) is 2. The van der Waals surface area contributed by atoms with Gasteiger partial charge in [0.1, 0.15) is 24.8 Å². The van der Waals surface area contributed by atoms with Crippen LogP contribution in [-0.2, 0) is 14.3 Å². The number of amides is 1. The molecule has 1 aliphatic rings. The Kier molecular flexibility index (Phi) is 6.42. The number of carbonyl (C=O) groups is 2. The first-order chi connectivity index (χ1) is 15.5. The lowest BCUT2D eigenvalue weighted by atomic mass is 10.2. The maximum Gasteiger partial charge on any atom is 0.323 e. The van der Waals surface area contributed by atoms with Gasteiger partial charge in [-0.2, -0.15) is 0 Å². The van der Waals surface area contributed by atoms with Gasteiger partial charge >= 0.3 is 5.97 Å². The highest BCUT2D eigenvalue weighted by molar-refractivity contribution is 6.01. The van der Waals surface area contributed by atoms with E-state index < -0.39 is 0 Å². The number of esters is 1. The predicted molar refractivity (Wildman–Crippen MR) is 124 cm³/mol. The number of aromatic nitrogens is 2. The SMILES string of the molecule is Cc1cccc(Nc2ncnc3ccc(NC(=O)/C=C/CN4CCOC(=O)[C@@H]4C)cc23)c1. The second kappa shape index (κ2) is 9.57. The monoisotopic (exact) mass is 431 g/mol. The van der Waals surface area contributed by atoms with Gasteiger partial charge in [-0.05, 0) is 49.7 Å². The fourth-order valence-electron chi connectivity index (χ4n) is 3.55. The number of ether oxygens (including phenoxy) is 1. The van der Waals surface area contributed by atoms with E-state index in [9.17, 15) is 9.59 Å². The van der Waals surface area contributed by atoms with E-state index in [0.717, 1.165) is 22.2 Å². The van der Waals surface area contributed by atoms with E-state index in [2.05, 4.69) is 20.6 Å². The maximum atomic E-state index is 12.4. The standard InChI is InChI=1S/C24H25N5O3/c1-16-5-3-6-18(13-16)28-23-20-14-19(8-9-21(20)25-15-26-23)27-22(30)7-4-10-29-11-12-32-24(31)17(29)2/h3-9,13-15,17H,10-12H2,1-2H3,(H,27,30)(H,25,26,28)/b7-4+/t17-/m0/s1. The lowest BCUT2D eigenvalue weighted by Crippen LogP contribution is -2.47. The first-order valence-corrected chi connectivity index (χ1v) is 10.5. The summed E-state index contributed by atoms with van der Waals surface area (Å²) in [6.45, 7) is 5.36. The Balaban J connectivity index is 1.45. The molecule has 32 heavy (non-hydrogen) atoms. The molecule has 2 heterocycles. The number of aryl methyl sites for hydroxylation is 1. The number of nitrogens with zero attached hydrogens (tertiary/aromatic N) is 3. The van der Waals surface area contributed by atoms with Gasteiger partial charge in [-0.1, -0.05) is 18.2 Å². The smallest absolute Gasteiger partial charge is 0.323 e. The molecule has 1 saturated heterocycles. The minimum Gasteiger partial charge on any atom is -0.463 e. The van der Waals surface area contributed by atoms with Gasteiger partial charge in [0.2, 0.25) is 5.91 Å². The molecule has 1 amide bonds. The summed E-state index contributed by atoms with van der Waals surface area (Å²) in [5, 5.41) is 7.00. The summed E-state index contributed by atoms with van der Waals surface area (Å²) in [7, 11) is 0. The number of carbonyl (C=O) groups excluding carboxylic acids is 2. The van der Waals surface area contributed by atoms with Gasteiger partial charge in [0.05, 0.1) is 5.52 Å². The van der Waals surface area contributed by atoms with Crippen molar-refractivity contribution >= 4 is 40.0 Å². The fourth-order valence-corrected chi connectivity index (χ4v) is 3.55. The third-order valence-corrected chi connectivity index (χ3v) is 5.30. The molecule has 1 aliphatic heterocycles. The topological polar surface area (TPSA) is 96.4 Å². The quantitative estimate of drug-likeness (QED) is 0.456. The Morgan fingerprint density at radius 2 is 2.09 bits per heavy atom. The number of anilines is 3. The molecule has 4 rings (SSSR count). The van der Waals surface area contributed by atoms with Gasteiger partial charge in [0, 0.05) is 35.9 Å². The largest absolute Gasteiger partial charge is 0.463 e. The van der Waals surface area contributed by atoms with Crippen LogP contribution in [0.25, 0.3) is 10.9 Å². The summed E-state index contributed by atoms with van der Waals surface area (Å²) in [5.41, 5.74) is 3.49. The molecule has 8 nitrogen and oxygen atoms in total. The molecule has 1 aromatic heterocycles. The predicted octanol–water partition coefficient (Wildman–Crippen LogP) is 3.42. The van der Waals surface area contributed by atoms with Crippen molar-refractivity contribution in [2.24, 2.45) is 0 Å². The second-order valence-electron chi connectivity index (χ2n) is 7.68. The summed E-state index contributed by atoms with van der Waals surface area (Å²) in [6.07, 6.45) is 4.74. The van der Waals surface area contributed by atoms with Crippen LogP contribution in [0, 0.1) is 6.92 Å². The zero-order valence-corrected chi connectivity index (χ0v) is 18.0. The molecule has 0 bridgehead atoms. The molecule has 1 atom stereocenters. The Labute approximate surface area is 186 Å². The maximum absolute atomic E-state index is 12.4. The van der Waals surface area contributed by atoms with Crippen LogP contribution < -0.4 is 10.6 Å². The second-order valence-corrected chi connectivity index (χ2v) is 7.68. The van der Waals surface area contributed by atoms with Crippen LogP contribution in [0.4, 0.5) is 17.2 Å². The van der Waals surface area contributed by atoms with Crippen molar-refractivity contribution in [1.29, 1.82) is 0 Å². The number of fused-ring (bicyclic) bond motifs is 1. The number of rotatable bonds is 6. The van der Waals surface area contributed by atoms with Crippen LogP contribution in [0.1, 0.15) is 12.5 Å². The van der Waals surface area contributed by atoms with Crippen molar-refractivity contribution in [3.63, 3.8) is 0 Å². The van der Waals surface area contributed by atoms with Gasteiger partial charge in [0.15, 0.2) is 0 Å². The first kappa shape index (κ1) is 21.5. The van der Waals surface area contributed by atoms with Gasteiger partial charge < -0.3 is 15.4 Å². The number of cyclic esters (lactones) is 1. The normalized spacial score (nSPS) is 16.8. The minimum absolute atomic E-state index is 0.234.